The van der Waals surface area contributed by atoms with Crippen molar-refractivity contribution in [2.75, 3.05) is 6.61 Å². The molecule has 0 aliphatic carbocycles. The quantitative estimate of drug-likeness (QED) is 0.879. The Balaban J connectivity index is 2.33. The fourth-order valence-corrected chi connectivity index (χ4v) is 2.05. The van der Waals surface area contributed by atoms with Crippen LogP contribution in [-0.2, 0) is 4.79 Å². The lowest BCUT2D eigenvalue weighted by atomic mass is 10.4. The Morgan fingerprint density at radius 2 is 2.32 bits per heavy atom. The second-order valence-corrected chi connectivity index (χ2v) is 4.31. The molecule has 102 valence electrons. The second kappa shape index (κ2) is 4.92. The van der Waals surface area contributed by atoms with Gasteiger partial charge in [0.15, 0.2) is 11.6 Å². The van der Waals surface area contributed by atoms with Crippen molar-refractivity contribution in [3.05, 3.63) is 23.3 Å². The van der Waals surface area contributed by atoms with Gasteiger partial charge in [-0.1, -0.05) is 0 Å². The maximum atomic E-state index is 12.1. The Kier molecular flexibility index (Phi) is 3.47. The Morgan fingerprint density at radius 1 is 1.58 bits per heavy atom. The van der Waals surface area contributed by atoms with E-state index in [0.29, 0.717) is 4.96 Å². The number of hydrogen-bond acceptors (Lipinski definition) is 4. The molecule has 0 amide bonds. The number of imidazole rings is 1. The lowest BCUT2D eigenvalue weighted by molar-refractivity contribution is -0.154. The first-order chi connectivity index (χ1) is 8.87. The number of aliphatic carboxylic acids is 1. The molecule has 0 aliphatic rings. The van der Waals surface area contributed by atoms with Gasteiger partial charge in [0.2, 0.25) is 5.88 Å². The van der Waals surface area contributed by atoms with Crippen LogP contribution in [-0.4, -0.2) is 33.2 Å². The van der Waals surface area contributed by atoms with E-state index in [0.717, 1.165) is 12.2 Å². The molecule has 0 saturated heterocycles. The van der Waals surface area contributed by atoms with Crippen LogP contribution in [0.25, 0.3) is 11.0 Å². The number of halogens is 3. The molecule has 9 heteroatoms. The normalized spacial score (nSPS) is 12.4. The largest absolute Gasteiger partial charge is 0.478 e. The van der Waals surface area contributed by atoms with E-state index in [4.69, 9.17) is 5.11 Å². The molecule has 2 aromatic heterocycles. The zero-order chi connectivity index (χ0) is 14.0. The van der Waals surface area contributed by atoms with Gasteiger partial charge in [-0.15, -0.1) is 11.3 Å². The molecule has 2 rings (SSSR count). The third-order valence-electron chi connectivity index (χ3n) is 2.02. The molecular formula is C10H7F3N2O3S. The molecule has 1 N–H and O–H groups in total. The number of fused-ring (bicyclic) bond motifs is 1. The number of nitrogens with zero attached hydrogens (tertiary/aromatic N) is 2. The highest BCUT2D eigenvalue weighted by molar-refractivity contribution is 7.15. The van der Waals surface area contributed by atoms with Gasteiger partial charge < -0.3 is 9.84 Å². The van der Waals surface area contributed by atoms with E-state index in [1.54, 1.807) is 11.6 Å². The lowest BCUT2D eigenvalue weighted by Crippen LogP contribution is -2.19. The molecule has 0 spiro atoms. The van der Waals surface area contributed by atoms with E-state index in [1.165, 1.54) is 15.7 Å². The van der Waals surface area contributed by atoms with Crippen molar-refractivity contribution in [1.82, 2.24) is 9.38 Å². The topological polar surface area (TPSA) is 63.8 Å². The number of aromatic nitrogens is 2. The first-order valence-electron chi connectivity index (χ1n) is 4.93. The Hall–Kier alpha value is -2.03. The van der Waals surface area contributed by atoms with Crippen LogP contribution in [0, 0.1) is 0 Å². The summed E-state index contributed by atoms with van der Waals surface area (Å²) in [5.74, 6) is -1.46. The van der Waals surface area contributed by atoms with Crippen LogP contribution in [0.15, 0.2) is 17.7 Å². The monoisotopic (exact) mass is 292 g/mol. The molecule has 0 radical (unpaired) electrons. The van der Waals surface area contributed by atoms with Crippen molar-refractivity contribution in [2.24, 2.45) is 0 Å². The highest BCUT2D eigenvalue weighted by Crippen LogP contribution is 2.26. The molecule has 0 fully saturated rings. The molecule has 2 heterocycles. The third kappa shape index (κ3) is 3.25. The first-order valence-corrected chi connectivity index (χ1v) is 5.81. The Labute approximate surface area is 108 Å². The van der Waals surface area contributed by atoms with Crippen LogP contribution >= 0.6 is 11.3 Å². The predicted octanol–water partition coefficient (Wildman–Crippen LogP) is 2.43. The number of carbonyl (C=O) groups is 1. The summed E-state index contributed by atoms with van der Waals surface area (Å²) in [6.07, 6.45) is -0.970. The van der Waals surface area contributed by atoms with Crippen LogP contribution in [0.4, 0.5) is 13.2 Å². The highest BCUT2D eigenvalue weighted by atomic mass is 32.1. The molecule has 0 unspecified atom stereocenters. The third-order valence-corrected chi connectivity index (χ3v) is 2.78. The minimum Gasteiger partial charge on any atom is -0.478 e. The van der Waals surface area contributed by atoms with Crippen molar-refractivity contribution >= 4 is 28.3 Å². The zero-order valence-electron chi connectivity index (χ0n) is 9.22. The molecule has 0 saturated carbocycles. The first kappa shape index (κ1) is 13.4. The summed E-state index contributed by atoms with van der Waals surface area (Å²) >= 11 is 1.20. The number of carboxylic acid groups (broad SMARTS) is 1. The molecule has 5 nitrogen and oxygen atoms in total. The van der Waals surface area contributed by atoms with E-state index in [2.05, 4.69) is 9.72 Å². The van der Waals surface area contributed by atoms with Gasteiger partial charge in [-0.2, -0.15) is 18.2 Å². The fraction of sp³-hybridized carbons (Fsp3) is 0.200. The average molecular weight is 292 g/mol. The van der Waals surface area contributed by atoms with Crippen molar-refractivity contribution in [3.63, 3.8) is 0 Å². The van der Waals surface area contributed by atoms with Crippen LogP contribution < -0.4 is 4.74 Å². The van der Waals surface area contributed by atoms with Crippen LogP contribution in [0.3, 0.4) is 0 Å². The number of carboxylic acids is 1. The molecular weight excluding hydrogens is 285 g/mol. The molecule has 2 aromatic rings. The summed E-state index contributed by atoms with van der Waals surface area (Å²) in [5, 5.41) is 10.2. The van der Waals surface area contributed by atoms with E-state index >= 15 is 0 Å². The molecule has 0 bridgehead atoms. The maximum absolute atomic E-state index is 12.1. The van der Waals surface area contributed by atoms with Gasteiger partial charge in [0.1, 0.15) is 5.69 Å². The number of alkyl halides is 3. The highest BCUT2D eigenvalue weighted by Gasteiger charge is 2.29. The van der Waals surface area contributed by atoms with Crippen molar-refractivity contribution in [1.29, 1.82) is 0 Å². The zero-order valence-corrected chi connectivity index (χ0v) is 10.0. The summed E-state index contributed by atoms with van der Waals surface area (Å²) in [4.78, 5) is 14.8. The Morgan fingerprint density at radius 3 is 2.95 bits per heavy atom. The molecule has 0 aromatic carbocycles. The van der Waals surface area contributed by atoms with Crippen LogP contribution in [0.5, 0.6) is 5.88 Å². The van der Waals surface area contributed by atoms with Gasteiger partial charge >= 0.3 is 12.1 Å². The van der Waals surface area contributed by atoms with Crippen molar-refractivity contribution in [2.45, 2.75) is 6.18 Å². The summed E-state index contributed by atoms with van der Waals surface area (Å²) in [7, 11) is 0. The number of ether oxygens (including phenoxy) is 1. The van der Waals surface area contributed by atoms with Crippen molar-refractivity contribution in [3.8, 4) is 5.88 Å². The van der Waals surface area contributed by atoms with Gasteiger partial charge in [0.05, 0.1) is 0 Å². The van der Waals surface area contributed by atoms with Gasteiger partial charge in [-0.05, 0) is 6.08 Å². The molecule has 19 heavy (non-hydrogen) atoms. The summed E-state index contributed by atoms with van der Waals surface area (Å²) in [5.41, 5.74) is 0.155. The minimum atomic E-state index is -4.48. The lowest BCUT2D eigenvalue weighted by Gasteiger charge is -2.07. The summed E-state index contributed by atoms with van der Waals surface area (Å²) in [6, 6.07) is 0. The number of rotatable bonds is 4. The number of hydrogen-bond donors (Lipinski definition) is 1. The van der Waals surface area contributed by atoms with E-state index in [-0.39, 0.29) is 11.6 Å². The summed E-state index contributed by atoms with van der Waals surface area (Å²) in [6.45, 7) is -1.48. The minimum absolute atomic E-state index is 0.155. The van der Waals surface area contributed by atoms with Gasteiger partial charge in [-0.3, -0.25) is 4.40 Å². The van der Waals surface area contributed by atoms with Crippen LogP contribution in [0.1, 0.15) is 5.69 Å². The maximum Gasteiger partial charge on any atom is 0.422 e. The van der Waals surface area contributed by atoms with E-state index < -0.39 is 18.8 Å². The van der Waals surface area contributed by atoms with E-state index in [9.17, 15) is 18.0 Å². The fourth-order valence-electron chi connectivity index (χ4n) is 1.34. The van der Waals surface area contributed by atoms with E-state index in [1.807, 2.05) is 0 Å². The predicted molar refractivity (Wildman–Crippen MR) is 61.3 cm³/mol. The average Bonchev–Trinajstić information content (AvgIpc) is 2.82. The Bertz CT molecular complexity index is 630. The smallest absolute Gasteiger partial charge is 0.422 e. The summed E-state index contributed by atoms with van der Waals surface area (Å²) < 4.78 is 42.3. The van der Waals surface area contributed by atoms with Gasteiger partial charge in [-0.25, -0.2) is 4.79 Å². The second-order valence-electron chi connectivity index (χ2n) is 3.43. The number of thiazole rings is 1. The van der Waals surface area contributed by atoms with Gasteiger partial charge in [0.25, 0.3) is 0 Å². The van der Waals surface area contributed by atoms with Crippen molar-refractivity contribution < 1.29 is 27.8 Å². The molecule has 0 aliphatic heterocycles. The standard InChI is InChI=1S/C10H7F3N2O3S/c11-10(12,13)5-18-8-6(1-2-7(16)17)15-3-4-19-9(15)14-8/h1-4H,5H2,(H,16,17). The SMILES string of the molecule is O=C(O)C=Cc1c(OCC(F)(F)F)nc2sccn12. The van der Waals surface area contributed by atoms with Gasteiger partial charge in [0, 0.05) is 17.7 Å². The van der Waals surface area contributed by atoms with Crippen LogP contribution in [0.2, 0.25) is 0 Å². The molecule has 0 atom stereocenters.